The number of carbonyl (C=O) groups excluding carboxylic acids is 2. The van der Waals surface area contributed by atoms with Gasteiger partial charge in [-0.1, -0.05) is 84.6 Å². The molecule has 5 heteroatoms. The van der Waals surface area contributed by atoms with Gasteiger partial charge in [0, 0.05) is 16.8 Å². The minimum absolute atomic E-state index is 0.0271. The predicted octanol–water partition coefficient (Wildman–Crippen LogP) is 6.09. The van der Waals surface area contributed by atoms with Gasteiger partial charge in [0.25, 0.3) is 5.91 Å². The Bertz CT molecular complexity index is 1280. The first-order valence-electron chi connectivity index (χ1n) is 11.2. The highest BCUT2D eigenvalue weighted by molar-refractivity contribution is 7.99. The Hall–Kier alpha value is -3.44. The standard InChI is InChI=1S/C28H24N2O2S/c31-26(22-17-15-21(16-18-22)20-9-3-1-4-10-20)19-33-28-29-24-13-7-8-14-25(24)30(28)27(32)23-11-5-2-6-12-23/h1-6,9-12,15-18H,7-8,13-14,19H2. The van der Waals surface area contributed by atoms with Crippen molar-refractivity contribution in [2.45, 2.75) is 30.8 Å². The number of hydrogen-bond donors (Lipinski definition) is 0. The average molecular weight is 453 g/mol. The van der Waals surface area contributed by atoms with E-state index in [0.717, 1.165) is 48.2 Å². The van der Waals surface area contributed by atoms with Gasteiger partial charge in [0.2, 0.25) is 0 Å². The largest absolute Gasteiger partial charge is 0.293 e. The molecule has 1 heterocycles. The molecule has 5 rings (SSSR count). The van der Waals surface area contributed by atoms with E-state index in [4.69, 9.17) is 4.98 Å². The predicted molar refractivity (Wildman–Crippen MR) is 132 cm³/mol. The van der Waals surface area contributed by atoms with Crippen molar-refractivity contribution in [2.24, 2.45) is 0 Å². The van der Waals surface area contributed by atoms with Crippen molar-refractivity contribution in [3.63, 3.8) is 0 Å². The van der Waals surface area contributed by atoms with E-state index in [1.807, 2.05) is 72.8 Å². The third kappa shape index (κ3) is 4.55. The number of carbonyl (C=O) groups is 2. The Morgan fingerprint density at radius 1 is 0.758 bits per heavy atom. The highest BCUT2D eigenvalue weighted by atomic mass is 32.2. The summed E-state index contributed by atoms with van der Waals surface area (Å²) in [4.78, 5) is 31.0. The van der Waals surface area contributed by atoms with Crippen LogP contribution in [0.15, 0.2) is 90.1 Å². The molecule has 3 aromatic carbocycles. The smallest absolute Gasteiger partial charge is 0.264 e. The number of nitrogens with zero attached hydrogens (tertiary/aromatic N) is 2. The summed E-state index contributed by atoms with van der Waals surface area (Å²) < 4.78 is 1.74. The van der Waals surface area contributed by atoms with E-state index in [2.05, 4.69) is 12.1 Å². The Morgan fingerprint density at radius 2 is 1.39 bits per heavy atom. The lowest BCUT2D eigenvalue weighted by Gasteiger charge is -2.14. The molecule has 0 spiro atoms. The van der Waals surface area contributed by atoms with Crippen LogP contribution in [-0.2, 0) is 12.8 Å². The number of hydrogen-bond acceptors (Lipinski definition) is 4. The number of aryl methyl sites for hydroxylation is 1. The zero-order valence-electron chi connectivity index (χ0n) is 18.2. The summed E-state index contributed by atoms with van der Waals surface area (Å²) in [7, 11) is 0. The van der Waals surface area contributed by atoms with Gasteiger partial charge in [0.05, 0.1) is 11.4 Å². The molecule has 0 amide bonds. The van der Waals surface area contributed by atoms with Gasteiger partial charge in [-0.15, -0.1) is 0 Å². The molecule has 4 aromatic rings. The molecule has 0 atom stereocenters. The maximum Gasteiger partial charge on any atom is 0.264 e. The van der Waals surface area contributed by atoms with Gasteiger partial charge in [-0.05, 0) is 48.9 Å². The molecule has 1 aliphatic carbocycles. The van der Waals surface area contributed by atoms with Gasteiger partial charge in [0.15, 0.2) is 10.9 Å². The first kappa shape index (κ1) is 21.4. The lowest BCUT2D eigenvalue weighted by Crippen LogP contribution is -2.18. The van der Waals surface area contributed by atoms with Gasteiger partial charge in [-0.2, -0.15) is 0 Å². The molecule has 0 N–H and O–H groups in total. The first-order chi connectivity index (χ1) is 16.2. The Kier molecular flexibility index (Phi) is 6.22. The van der Waals surface area contributed by atoms with Crippen LogP contribution in [0.25, 0.3) is 11.1 Å². The molecule has 0 aliphatic heterocycles. The van der Waals surface area contributed by atoms with Crippen molar-refractivity contribution in [3.8, 4) is 11.1 Å². The summed E-state index contributed by atoms with van der Waals surface area (Å²) in [6.45, 7) is 0. The second kappa shape index (κ2) is 9.59. The zero-order valence-corrected chi connectivity index (χ0v) is 19.1. The molecule has 1 aliphatic rings. The Morgan fingerprint density at radius 3 is 2.12 bits per heavy atom. The highest BCUT2D eigenvalue weighted by Crippen LogP contribution is 2.29. The van der Waals surface area contributed by atoms with Crippen molar-refractivity contribution in [1.82, 2.24) is 9.55 Å². The summed E-state index contributed by atoms with van der Waals surface area (Å²) in [5.74, 6) is 0.190. The maximum atomic E-state index is 13.3. The highest BCUT2D eigenvalue weighted by Gasteiger charge is 2.25. The van der Waals surface area contributed by atoms with Gasteiger partial charge < -0.3 is 0 Å². The van der Waals surface area contributed by atoms with Gasteiger partial charge in [-0.25, -0.2) is 4.98 Å². The van der Waals surface area contributed by atoms with E-state index >= 15 is 0 Å². The average Bonchev–Trinajstić information content (AvgIpc) is 3.26. The van der Waals surface area contributed by atoms with Crippen LogP contribution >= 0.6 is 11.8 Å². The molecule has 0 saturated carbocycles. The lowest BCUT2D eigenvalue weighted by molar-refractivity contribution is 0.0944. The van der Waals surface area contributed by atoms with E-state index in [1.54, 1.807) is 4.57 Å². The summed E-state index contributed by atoms with van der Waals surface area (Å²) >= 11 is 1.35. The van der Waals surface area contributed by atoms with E-state index < -0.39 is 0 Å². The lowest BCUT2D eigenvalue weighted by atomic mass is 10.0. The fourth-order valence-corrected chi connectivity index (χ4v) is 5.15. The van der Waals surface area contributed by atoms with Crippen LogP contribution in [0.3, 0.4) is 0 Å². The Labute approximate surface area is 197 Å². The number of benzene rings is 3. The molecule has 4 nitrogen and oxygen atoms in total. The molecular formula is C28H24N2O2S. The number of ketones is 1. The first-order valence-corrected chi connectivity index (χ1v) is 12.2. The minimum atomic E-state index is -0.0755. The van der Waals surface area contributed by atoms with Crippen LogP contribution in [0, 0.1) is 0 Å². The van der Waals surface area contributed by atoms with Crippen molar-refractivity contribution in [2.75, 3.05) is 5.75 Å². The molecule has 33 heavy (non-hydrogen) atoms. The van der Waals surface area contributed by atoms with Crippen LogP contribution in [-0.4, -0.2) is 27.0 Å². The molecule has 0 saturated heterocycles. The molecule has 0 unspecified atom stereocenters. The fourth-order valence-electron chi connectivity index (χ4n) is 4.22. The quantitative estimate of drug-likeness (QED) is 0.262. The van der Waals surface area contributed by atoms with Gasteiger partial charge in [0.1, 0.15) is 0 Å². The number of imidazole rings is 1. The normalized spacial score (nSPS) is 12.8. The molecule has 1 aromatic heterocycles. The van der Waals surface area contributed by atoms with Crippen LogP contribution < -0.4 is 0 Å². The second-order valence-corrected chi connectivity index (χ2v) is 9.10. The van der Waals surface area contributed by atoms with Gasteiger partial charge >= 0.3 is 0 Å². The van der Waals surface area contributed by atoms with E-state index in [9.17, 15) is 9.59 Å². The molecule has 164 valence electrons. The molecule has 0 radical (unpaired) electrons. The minimum Gasteiger partial charge on any atom is -0.293 e. The van der Waals surface area contributed by atoms with Crippen molar-refractivity contribution in [3.05, 3.63) is 107 Å². The SMILES string of the molecule is O=C(CSc1nc2c(n1C(=O)c1ccccc1)CCCC2)c1ccc(-c2ccccc2)cc1. The van der Waals surface area contributed by atoms with Crippen molar-refractivity contribution >= 4 is 23.5 Å². The maximum absolute atomic E-state index is 13.3. The number of aromatic nitrogens is 2. The van der Waals surface area contributed by atoms with Crippen LogP contribution in [0.1, 0.15) is 44.9 Å². The van der Waals surface area contributed by atoms with E-state index in [0.29, 0.717) is 16.3 Å². The zero-order chi connectivity index (χ0) is 22.6. The molecule has 0 fully saturated rings. The number of fused-ring (bicyclic) bond motifs is 1. The number of rotatable bonds is 6. The number of thioether (sulfide) groups is 1. The van der Waals surface area contributed by atoms with Crippen molar-refractivity contribution < 1.29 is 9.59 Å². The molecule has 0 bridgehead atoms. The second-order valence-electron chi connectivity index (χ2n) is 8.16. The summed E-state index contributed by atoms with van der Waals surface area (Å²) in [5, 5.41) is 0.616. The van der Waals surface area contributed by atoms with E-state index in [1.165, 1.54) is 11.8 Å². The van der Waals surface area contributed by atoms with Crippen LogP contribution in [0.4, 0.5) is 0 Å². The summed E-state index contributed by atoms with van der Waals surface area (Å²) in [6.07, 6.45) is 3.86. The topological polar surface area (TPSA) is 52.0 Å². The third-order valence-corrected chi connectivity index (χ3v) is 6.91. The monoisotopic (exact) mass is 452 g/mol. The van der Waals surface area contributed by atoms with Crippen LogP contribution in [0.2, 0.25) is 0 Å². The van der Waals surface area contributed by atoms with E-state index in [-0.39, 0.29) is 17.4 Å². The summed E-state index contributed by atoms with van der Waals surface area (Å²) in [6, 6.07) is 27.1. The summed E-state index contributed by atoms with van der Waals surface area (Å²) in [5.41, 5.74) is 5.49. The molecular weight excluding hydrogens is 428 g/mol. The third-order valence-electron chi connectivity index (χ3n) is 5.97. The van der Waals surface area contributed by atoms with Crippen molar-refractivity contribution in [1.29, 1.82) is 0 Å². The fraction of sp³-hybridized carbons (Fsp3) is 0.179. The number of Topliss-reactive ketones (excluding diaryl/α,β-unsaturated/α-hetero) is 1. The van der Waals surface area contributed by atoms with Gasteiger partial charge in [-0.3, -0.25) is 14.2 Å². The Balaban J connectivity index is 1.36. The van der Waals surface area contributed by atoms with Crippen LogP contribution in [0.5, 0.6) is 0 Å².